The average Bonchev–Trinajstić information content (AvgIpc) is 2.27. The molecule has 0 aliphatic rings. The molecule has 0 spiro atoms. The van der Waals surface area contributed by atoms with Crippen LogP contribution in [0.5, 0.6) is 0 Å². The Labute approximate surface area is 98.8 Å². The molecule has 0 aliphatic carbocycles. The summed E-state index contributed by atoms with van der Waals surface area (Å²) in [6.45, 7) is 8.77. The van der Waals surface area contributed by atoms with Gasteiger partial charge in [-0.2, -0.15) is 0 Å². The van der Waals surface area contributed by atoms with Crippen molar-refractivity contribution in [3.05, 3.63) is 24.8 Å². The third-order valence-corrected chi connectivity index (χ3v) is 2.11. The summed E-state index contributed by atoms with van der Waals surface area (Å²) in [5.74, 6) is 0. The number of ether oxygens (including phenoxy) is 2. The minimum atomic E-state index is -0.401. The van der Waals surface area contributed by atoms with Crippen LogP contribution in [0.25, 0.3) is 0 Å². The van der Waals surface area contributed by atoms with Crippen LogP contribution in [0.15, 0.2) is 24.8 Å². The van der Waals surface area contributed by atoms with Gasteiger partial charge in [-0.05, 0) is 33.1 Å². The van der Waals surface area contributed by atoms with Gasteiger partial charge in [0.25, 0.3) is 0 Å². The molecule has 94 valence electrons. The standard InChI is InChI=1S/C13H24O3/c1-4-7-9-12(14)10-8-11-13(15-5-2)16-6-3/h4,7,9,12-14H,1,5-6,8,10-11H2,2-3H3/b9-7+. The summed E-state index contributed by atoms with van der Waals surface area (Å²) >= 11 is 0. The molecule has 3 nitrogen and oxygen atoms in total. The highest BCUT2D eigenvalue weighted by Crippen LogP contribution is 2.09. The van der Waals surface area contributed by atoms with Crippen LogP contribution in [0.1, 0.15) is 33.1 Å². The van der Waals surface area contributed by atoms with E-state index in [0.717, 1.165) is 19.3 Å². The Morgan fingerprint density at radius 2 is 1.81 bits per heavy atom. The molecule has 0 rings (SSSR count). The first-order valence-corrected chi connectivity index (χ1v) is 5.95. The van der Waals surface area contributed by atoms with Crippen molar-refractivity contribution in [3.8, 4) is 0 Å². The monoisotopic (exact) mass is 228 g/mol. The third kappa shape index (κ3) is 8.65. The van der Waals surface area contributed by atoms with Crippen molar-refractivity contribution in [3.63, 3.8) is 0 Å². The van der Waals surface area contributed by atoms with E-state index < -0.39 is 6.10 Å². The molecule has 0 aromatic carbocycles. The van der Waals surface area contributed by atoms with E-state index in [9.17, 15) is 5.11 Å². The van der Waals surface area contributed by atoms with E-state index in [1.807, 2.05) is 13.8 Å². The average molecular weight is 228 g/mol. The van der Waals surface area contributed by atoms with Gasteiger partial charge in [-0.25, -0.2) is 0 Å². The molecule has 0 aromatic rings. The minimum absolute atomic E-state index is 0.134. The van der Waals surface area contributed by atoms with Crippen molar-refractivity contribution in [2.75, 3.05) is 13.2 Å². The van der Waals surface area contributed by atoms with Gasteiger partial charge in [-0.1, -0.05) is 24.8 Å². The highest BCUT2D eigenvalue weighted by Gasteiger charge is 2.08. The van der Waals surface area contributed by atoms with Crippen LogP contribution in [-0.4, -0.2) is 30.7 Å². The maximum absolute atomic E-state index is 9.54. The molecule has 16 heavy (non-hydrogen) atoms. The normalized spacial score (nSPS) is 13.5. The Morgan fingerprint density at radius 3 is 2.31 bits per heavy atom. The smallest absolute Gasteiger partial charge is 0.157 e. The van der Waals surface area contributed by atoms with Crippen molar-refractivity contribution in [1.29, 1.82) is 0 Å². The van der Waals surface area contributed by atoms with Gasteiger partial charge in [0, 0.05) is 13.2 Å². The molecule has 1 atom stereocenters. The molecule has 0 saturated heterocycles. The molecule has 0 fully saturated rings. The minimum Gasteiger partial charge on any atom is -0.389 e. The van der Waals surface area contributed by atoms with E-state index in [1.165, 1.54) is 0 Å². The van der Waals surface area contributed by atoms with Gasteiger partial charge in [0.2, 0.25) is 0 Å². The molecule has 1 N–H and O–H groups in total. The van der Waals surface area contributed by atoms with Crippen LogP contribution in [0.3, 0.4) is 0 Å². The summed E-state index contributed by atoms with van der Waals surface area (Å²) in [6.07, 6.45) is 7.05. The van der Waals surface area contributed by atoms with Crippen molar-refractivity contribution in [2.24, 2.45) is 0 Å². The molecule has 0 aliphatic heterocycles. The van der Waals surface area contributed by atoms with Gasteiger partial charge in [-0.15, -0.1) is 0 Å². The number of hydrogen-bond acceptors (Lipinski definition) is 3. The molecule has 0 bridgehead atoms. The Balaban J connectivity index is 3.66. The van der Waals surface area contributed by atoms with Crippen LogP contribution >= 0.6 is 0 Å². The van der Waals surface area contributed by atoms with E-state index >= 15 is 0 Å². The van der Waals surface area contributed by atoms with Gasteiger partial charge < -0.3 is 14.6 Å². The van der Waals surface area contributed by atoms with Crippen LogP contribution in [0, 0.1) is 0 Å². The Morgan fingerprint density at radius 1 is 1.19 bits per heavy atom. The van der Waals surface area contributed by atoms with Crippen LogP contribution in [0.4, 0.5) is 0 Å². The van der Waals surface area contributed by atoms with E-state index in [-0.39, 0.29) is 6.29 Å². The second-order valence-electron chi connectivity index (χ2n) is 3.46. The number of rotatable bonds is 10. The molecular formula is C13H24O3. The number of allylic oxidation sites excluding steroid dienone is 2. The maximum atomic E-state index is 9.54. The molecule has 0 heterocycles. The number of aliphatic hydroxyl groups excluding tert-OH is 1. The molecule has 1 unspecified atom stereocenters. The van der Waals surface area contributed by atoms with Crippen molar-refractivity contribution < 1.29 is 14.6 Å². The van der Waals surface area contributed by atoms with Crippen molar-refractivity contribution >= 4 is 0 Å². The molecule has 0 saturated carbocycles. The van der Waals surface area contributed by atoms with Crippen LogP contribution in [0.2, 0.25) is 0 Å². The molecular weight excluding hydrogens is 204 g/mol. The Bertz CT molecular complexity index is 184. The van der Waals surface area contributed by atoms with Crippen LogP contribution in [-0.2, 0) is 9.47 Å². The fraction of sp³-hybridized carbons (Fsp3) is 0.692. The van der Waals surface area contributed by atoms with Crippen LogP contribution < -0.4 is 0 Å². The Kier molecular flexibility index (Phi) is 10.4. The van der Waals surface area contributed by atoms with E-state index in [1.54, 1.807) is 18.2 Å². The predicted molar refractivity (Wildman–Crippen MR) is 66.2 cm³/mol. The quantitative estimate of drug-likeness (QED) is 0.461. The number of hydrogen-bond donors (Lipinski definition) is 1. The lowest BCUT2D eigenvalue weighted by atomic mass is 10.1. The summed E-state index contributed by atoms with van der Waals surface area (Å²) < 4.78 is 10.8. The topological polar surface area (TPSA) is 38.7 Å². The van der Waals surface area contributed by atoms with E-state index in [2.05, 4.69) is 6.58 Å². The van der Waals surface area contributed by atoms with Gasteiger partial charge in [0.05, 0.1) is 6.10 Å². The van der Waals surface area contributed by atoms with E-state index in [0.29, 0.717) is 13.2 Å². The van der Waals surface area contributed by atoms with Crippen molar-refractivity contribution in [2.45, 2.75) is 45.5 Å². The fourth-order valence-electron chi connectivity index (χ4n) is 1.38. The molecule has 0 aromatic heterocycles. The summed E-state index contributed by atoms with van der Waals surface area (Å²) in [7, 11) is 0. The lowest BCUT2D eigenvalue weighted by Gasteiger charge is -2.17. The maximum Gasteiger partial charge on any atom is 0.157 e. The second kappa shape index (κ2) is 10.9. The van der Waals surface area contributed by atoms with Crippen molar-refractivity contribution in [1.82, 2.24) is 0 Å². The molecule has 0 radical (unpaired) electrons. The fourth-order valence-corrected chi connectivity index (χ4v) is 1.38. The largest absolute Gasteiger partial charge is 0.389 e. The number of aliphatic hydroxyl groups is 1. The zero-order valence-corrected chi connectivity index (χ0v) is 10.4. The summed E-state index contributed by atoms with van der Waals surface area (Å²) in [5.41, 5.74) is 0. The Hall–Kier alpha value is -0.640. The van der Waals surface area contributed by atoms with Gasteiger partial charge in [0.15, 0.2) is 6.29 Å². The summed E-state index contributed by atoms with van der Waals surface area (Å²) in [5, 5.41) is 9.54. The zero-order chi connectivity index (χ0) is 12.2. The summed E-state index contributed by atoms with van der Waals surface area (Å²) in [4.78, 5) is 0. The molecule has 0 amide bonds. The molecule has 3 heteroatoms. The highest BCUT2D eigenvalue weighted by molar-refractivity contribution is 5.00. The summed E-state index contributed by atoms with van der Waals surface area (Å²) in [6, 6.07) is 0. The second-order valence-corrected chi connectivity index (χ2v) is 3.46. The van der Waals surface area contributed by atoms with Gasteiger partial charge >= 0.3 is 0 Å². The lowest BCUT2D eigenvalue weighted by molar-refractivity contribution is -0.140. The van der Waals surface area contributed by atoms with E-state index in [4.69, 9.17) is 9.47 Å². The predicted octanol–water partition coefficient (Wildman–Crippen LogP) is 2.66. The third-order valence-electron chi connectivity index (χ3n) is 2.11. The first-order valence-electron chi connectivity index (χ1n) is 5.95. The zero-order valence-electron chi connectivity index (χ0n) is 10.4. The van der Waals surface area contributed by atoms with Gasteiger partial charge in [0.1, 0.15) is 0 Å². The lowest BCUT2D eigenvalue weighted by Crippen LogP contribution is -2.17. The first kappa shape index (κ1) is 15.4. The highest BCUT2D eigenvalue weighted by atomic mass is 16.7. The van der Waals surface area contributed by atoms with Gasteiger partial charge in [-0.3, -0.25) is 0 Å². The SMILES string of the molecule is C=C/C=C/C(O)CCCC(OCC)OCC. The first-order chi connectivity index (χ1) is 7.74.